The van der Waals surface area contributed by atoms with Crippen LogP contribution < -0.4 is 25.4 Å². The number of carbonyl (C=O) groups excluding carboxylic acids is 2. The molecule has 7 heteroatoms. The van der Waals surface area contributed by atoms with Crippen molar-refractivity contribution in [3.05, 3.63) is 59.2 Å². The van der Waals surface area contributed by atoms with Gasteiger partial charge in [0.2, 0.25) is 5.91 Å². The first-order chi connectivity index (χ1) is 13.5. The average molecular weight is 385 g/mol. The summed E-state index contributed by atoms with van der Waals surface area (Å²) in [6.45, 7) is 4.98. The monoisotopic (exact) mass is 385 g/mol. The largest absolute Gasteiger partial charge is 0.497 e. The van der Waals surface area contributed by atoms with E-state index in [1.165, 1.54) is 0 Å². The fourth-order valence-electron chi connectivity index (χ4n) is 2.58. The van der Waals surface area contributed by atoms with Crippen LogP contribution in [0.2, 0.25) is 0 Å². The number of rotatable bonds is 9. The Hall–Kier alpha value is -3.22. The van der Waals surface area contributed by atoms with Crippen molar-refractivity contribution < 1.29 is 19.1 Å². The number of hydrogen-bond acceptors (Lipinski definition) is 4. The van der Waals surface area contributed by atoms with Crippen molar-refractivity contribution >= 4 is 11.9 Å². The summed E-state index contributed by atoms with van der Waals surface area (Å²) in [6.07, 6.45) is 0. The molecule has 0 radical (unpaired) electrons. The highest BCUT2D eigenvalue weighted by Crippen LogP contribution is 2.15. The van der Waals surface area contributed by atoms with Crippen molar-refractivity contribution in [3.63, 3.8) is 0 Å². The van der Waals surface area contributed by atoms with Crippen LogP contribution in [0.25, 0.3) is 0 Å². The van der Waals surface area contributed by atoms with Crippen LogP contribution in [0.4, 0.5) is 4.79 Å². The number of benzene rings is 2. The molecule has 7 nitrogen and oxygen atoms in total. The molecule has 0 aromatic heterocycles. The van der Waals surface area contributed by atoms with Crippen LogP contribution in [-0.4, -0.2) is 38.7 Å². The summed E-state index contributed by atoms with van der Waals surface area (Å²) in [5.41, 5.74) is 3.20. The third-order valence-corrected chi connectivity index (χ3v) is 3.91. The molecule has 0 fully saturated rings. The van der Waals surface area contributed by atoms with E-state index in [2.05, 4.69) is 22.0 Å². The molecule has 0 saturated carbocycles. The first-order valence-corrected chi connectivity index (χ1v) is 9.08. The van der Waals surface area contributed by atoms with Gasteiger partial charge < -0.3 is 25.4 Å². The lowest BCUT2D eigenvalue weighted by molar-refractivity contribution is -0.120. The standard InChI is InChI=1S/C21H27N3O4/c1-15-10-16(2)12-19(11-15)28-9-8-22-21(26)24-14-20(25)23-13-17-4-6-18(27-3)7-5-17/h4-7,10-12H,8-9,13-14H2,1-3H3,(H,23,25)(H2,22,24,26). The van der Waals surface area contributed by atoms with Crippen LogP contribution in [-0.2, 0) is 11.3 Å². The normalized spacial score (nSPS) is 10.1. The molecule has 0 aliphatic rings. The Balaban J connectivity index is 1.58. The van der Waals surface area contributed by atoms with Gasteiger partial charge >= 0.3 is 6.03 Å². The molecule has 3 amide bonds. The number of hydrogen-bond donors (Lipinski definition) is 3. The average Bonchev–Trinajstić information content (AvgIpc) is 2.67. The second kappa shape index (κ2) is 10.8. The first-order valence-electron chi connectivity index (χ1n) is 9.08. The van der Waals surface area contributed by atoms with E-state index >= 15 is 0 Å². The quantitative estimate of drug-likeness (QED) is 0.578. The molecule has 0 unspecified atom stereocenters. The fraction of sp³-hybridized carbons (Fsp3) is 0.333. The van der Waals surface area contributed by atoms with Crippen molar-refractivity contribution in [2.24, 2.45) is 0 Å². The predicted octanol–water partition coefficient (Wildman–Crippen LogP) is 2.31. The number of nitrogens with one attached hydrogen (secondary N) is 3. The van der Waals surface area contributed by atoms with Gasteiger partial charge in [0.25, 0.3) is 0 Å². The first kappa shape index (κ1) is 21.1. The lowest BCUT2D eigenvalue weighted by atomic mass is 10.1. The van der Waals surface area contributed by atoms with Gasteiger partial charge in [-0.25, -0.2) is 4.79 Å². The van der Waals surface area contributed by atoms with Crippen LogP contribution in [0.15, 0.2) is 42.5 Å². The molecule has 0 bridgehead atoms. The molecule has 3 N–H and O–H groups in total. The van der Waals surface area contributed by atoms with Gasteiger partial charge in [-0.1, -0.05) is 18.2 Å². The molecule has 2 rings (SSSR count). The van der Waals surface area contributed by atoms with Crippen molar-refractivity contribution in [2.45, 2.75) is 20.4 Å². The minimum Gasteiger partial charge on any atom is -0.497 e. The van der Waals surface area contributed by atoms with Gasteiger partial charge in [0.15, 0.2) is 0 Å². The van der Waals surface area contributed by atoms with Crippen molar-refractivity contribution in [1.82, 2.24) is 16.0 Å². The molecule has 0 aliphatic carbocycles. The molecule has 0 heterocycles. The lowest BCUT2D eigenvalue weighted by Crippen LogP contribution is -2.42. The zero-order valence-electron chi connectivity index (χ0n) is 16.5. The van der Waals surface area contributed by atoms with Crippen molar-refractivity contribution in [3.8, 4) is 11.5 Å². The number of aryl methyl sites for hydroxylation is 2. The third kappa shape index (κ3) is 7.57. The van der Waals surface area contributed by atoms with E-state index in [-0.39, 0.29) is 12.5 Å². The topological polar surface area (TPSA) is 88.7 Å². The summed E-state index contributed by atoms with van der Waals surface area (Å²) in [6, 6.07) is 12.9. The smallest absolute Gasteiger partial charge is 0.315 e. The summed E-state index contributed by atoms with van der Waals surface area (Å²) in [7, 11) is 1.60. The Morgan fingerprint density at radius 2 is 1.57 bits per heavy atom. The fourth-order valence-corrected chi connectivity index (χ4v) is 2.58. The molecule has 0 aliphatic heterocycles. The Morgan fingerprint density at radius 1 is 0.893 bits per heavy atom. The van der Waals surface area contributed by atoms with Crippen LogP contribution >= 0.6 is 0 Å². The van der Waals surface area contributed by atoms with Gasteiger partial charge in [-0.2, -0.15) is 0 Å². The van der Waals surface area contributed by atoms with E-state index in [1.807, 2.05) is 50.2 Å². The summed E-state index contributed by atoms with van der Waals surface area (Å²) in [4.78, 5) is 23.6. The third-order valence-electron chi connectivity index (χ3n) is 3.91. The maximum atomic E-state index is 11.8. The van der Waals surface area contributed by atoms with Crippen LogP contribution in [0, 0.1) is 13.8 Å². The Labute approximate surface area is 165 Å². The predicted molar refractivity (Wildman–Crippen MR) is 108 cm³/mol. The SMILES string of the molecule is COc1ccc(CNC(=O)CNC(=O)NCCOc2cc(C)cc(C)c2)cc1. The van der Waals surface area contributed by atoms with Gasteiger partial charge in [-0.05, 0) is 54.8 Å². The highest BCUT2D eigenvalue weighted by molar-refractivity contribution is 5.83. The number of ether oxygens (including phenoxy) is 2. The van der Waals surface area contributed by atoms with Gasteiger partial charge in [0.05, 0.1) is 20.2 Å². The highest BCUT2D eigenvalue weighted by Gasteiger charge is 2.05. The Bertz CT molecular complexity index is 770. The van der Waals surface area contributed by atoms with Crippen molar-refractivity contribution in [2.75, 3.05) is 26.8 Å². The molecular formula is C21H27N3O4. The molecule has 2 aromatic rings. The Kier molecular flexibility index (Phi) is 8.14. The van der Waals surface area contributed by atoms with E-state index in [9.17, 15) is 9.59 Å². The van der Waals surface area contributed by atoms with E-state index in [4.69, 9.17) is 9.47 Å². The van der Waals surface area contributed by atoms with E-state index < -0.39 is 6.03 Å². The van der Waals surface area contributed by atoms with Gasteiger partial charge in [0, 0.05) is 6.54 Å². The Morgan fingerprint density at radius 3 is 2.21 bits per heavy atom. The molecule has 0 saturated heterocycles. The second-order valence-corrected chi connectivity index (χ2v) is 6.41. The minimum atomic E-state index is -0.413. The van der Waals surface area contributed by atoms with Crippen molar-refractivity contribution in [1.29, 1.82) is 0 Å². The molecule has 2 aromatic carbocycles. The summed E-state index contributed by atoms with van der Waals surface area (Å²) in [5, 5.41) is 7.92. The van der Waals surface area contributed by atoms with Crippen LogP contribution in [0.1, 0.15) is 16.7 Å². The number of amides is 3. The number of methoxy groups -OCH3 is 1. The molecule has 0 spiro atoms. The van der Waals surface area contributed by atoms with E-state index in [1.54, 1.807) is 7.11 Å². The zero-order chi connectivity index (χ0) is 20.4. The zero-order valence-corrected chi connectivity index (χ0v) is 16.5. The molecule has 0 atom stereocenters. The van der Waals surface area contributed by atoms with Crippen LogP contribution in [0.5, 0.6) is 11.5 Å². The maximum absolute atomic E-state index is 11.8. The van der Waals surface area contributed by atoms with Crippen LogP contribution in [0.3, 0.4) is 0 Å². The highest BCUT2D eigenvalue weighted by atomic mass is 16.5. The summed E-state index contributed by atoms with van der Waals surface area (Å²) < 4.78 is 10.7. The molecule has 150 valence electrons. The van der Waals surface area contributed by atoms with Gasteiger partial charge in [0.1, 0.15) is 18.1 Å². The number of urea groups is 1. The number of carbonyl (C=O) groups is 2. The lowest BCUT2D eigenvalue weighted by Gasteiger charge is -2.10. The van der Waals surface area contributed by atoms with E-state index in [0.717, 1.165) is 28.2 Å². The maximum Gasteiger partial charge on any atom is 0.315 e. The second-order valence-electron chi connectivity index (χ2n) is 6.41. The molecule has 28 heavy (non-hydrogen) atoms. The van der Waals surface area contributed by atoms with E-state index in [0.29, 0.717) is 19.7 Å². The van der Waals surface area contributed by atoms with Gasteiger partial charge in [-0.15, -0.1) is 0 Å². The minimum absolute atomic E-state index is 0.0973. The molecular weight excluding hydrogens is 358 g/mol. The summed E-state index contributed by atoms with van der Waals surface area (Å²) in [5.74, 6) is 1.27. The summed E-state index contributed by atoms with van der Waals surface area (Å²) >= 11 is 0. The van der Waals surface area contributed by atoms with Gasteiger partial charge in [-0.3, -0.25) is 4.79 Å².